The highest BCUT2D eigenvalue weighted by atomic mass is 16.5. The lowest BCUT2D eigenvalue weighted by molar-refractivity contribution is -0.129. The van der Waals surface area contributed by atoms with Crippen LogP contribution < -0.4 is 25.1 Å². The third-order valence-electron chi connectivity index (χ3n) is 9.07. The van der Waals surface area contributed by atoms with Gasteiger partial charge in [0, 0.05) is 36.8 Å². The minimum absolute atomic E-state index is 0.201. The molecule has 0 radical (unpaired) electrons. The van der Waals surface area contributed by atoms with E-state index in [4.69, 9.17) is 14.2 Å². The van der Waals surface area contributed by atoms with E-state index in [1.807, 2.05) is 55.5 Å². The van der Waals surface area contributed by atoms with Gasteiger partial charge < -0.3 is 24.8 Å². The Balaban J connectivity index is 0.926. The third-order valence-corrected chi connectivity index (χ3v) is 9.07. The van der Waals surface area contributed by atoms with Crippen molar-refractivity contribution in [1.82, 2.24) is 20.3 Å². The summed E-state index contributed by atoms with van der Waals surface area (Å²) in [7, 11) is 1.80. The van der Waals surface area contributed by atoms with Gasteiger partial charge in [-0.05, 0) is 81.6 Å². The Morgan fingerprint density at radius 2 is 1.89 bits per heavy atom. The van der Waals surface area contributed by atoms with E-state index < -0.39 is 11.8 Å². The average molecular weight is 623 g/mol. The molecule has 2 aromatic heterocycles. The number of carbonyl (C=O) groups is 2. The van der Waals surface area contributed by atoms with Crippen molar-refractivity contribution in [1.29, 1.82) is 0 Å². The quantitative estimate of drug-likeness (QED) is 0.177. The second-order valence-corrected chi connectivity index (χ2v) is 12.3. The van der Waals surface area contributed by atoms with Gasteiger partial charge in [0.25, 0.3) is 5.91 Å². The van der Waals surface area contributed by atoms with E-state index in [1.54, 1.807) is 41.5 Å². The number of anilines is 2. The highest BCUT2D eigenvalue weighted by Gasteiger charge is 2.50. The first-order valence-corrected chi connectivity index (χ1v) is 15.8. The zero-order valence-electron chi connectivity index (χ0n) is 26.0. The van der Waals surface area contributed by atoms with Crippen molar-refractivity contribution in [3.8, 4) is 17.2 Å². The van der Waals surface area contributed by atoms with Crippen LogP contribution in [0.15, 0.2) is 79.1 Å². The molecule has 11 nitrogen and oxygen atoms in total. The van der Waals surface area contributed by atoms with Gasteiger partial charge in [-0.1, -0.05) is 18.2 Å². The number of para-hydroxylation sites is 1. The number of ether oxygens (including phenoxy) is 3. The van der Waals surface area contributed by atoms with E-state index in [2.05, 4.69) is 20.6 Å². The number of fused-ring (bicyclic) bond motifs is 1. The van der Waals surface area contributed by atoms with Crippen LogP contribution in [0.3, 0.4) is 0 Å². The van der Waals surface area contributed by atoms with Gasteiger partial charge in [0.1, 0.15) is 29.0 Å². The van der Waals surface area contributed by atoms with Crippen LogP contribution in [0.25, 0.3) is 10.9 Å². The van der Waals surface area contributed by atoms with Gasteiger partial charge in [-0.2, -0.15) is 0 Å². The van der Waals surface area contributed by atoms with Gasteiger partial charge in [0.15, 0.2) is 0 Å². The largest absolute Gasteiger partial charge is 0.493 e. The summed E-state index contributed by atoms with van der Waals surface area (Å²) in [4.78, 5) is 35.3. The standard InChI is InChI=1S/C35H38N6O5/c1-23-32(34(43)41(40(23)2)25-7-4-3-5-8-25)33(42)39-31-12-10-27(21-38-31)46-30-13-17-37-29-19-26(9-11-28(29)30)44-18-6-16-36-24-20-35(14-15-35)45-22-24/h3-5,7-13,17,19,21,23-24,32,36H,6,14-16,18,20,22H2,1-2H3,(H,38,39,42). The second-order valence-electron chi connectivity index (χ2n) is 12.3. The van der Waals surface area contributed by atoms with Gasteiger partial charge in [-0.25, -0.2) is 15.0 Å². The van der Waals surface area contributed by atoms with Crippen LogP contribution in [-0.4, -0.2) is 71.3 Å². The lowest BCUT2D eigenvalue weighted by Crippen LogP contribution is -2.38. The minimum Gasteiger partial charge on any atom is -0.493 e. The summed E-state index contributed by atoms with van der Waals surface area (Å²) in [6, 6.07) is 20.4. The maximum absolute atomic E-state index is 13.3. The Morgan fingerprint density at radius 3 is 2.65 bits per heavy atom. The first-order chi connectivity index (χ1) is 22.4. The fraction of sp³-hybridized carbons (Fsp3) is 0.371. The average Bonchev–Trinajstić information content (AvgIpc) is 3.64. The van der Waals surface area contributed by atoms with Crippen LogP contribution >= 0.6 is 0 Å². The Bertz CT molecular complexity index is 1710. The number of carbonyl (C=O) groups excluding carboxylic acids is 2. The van der Waals surface area contributed by atoms with E-state index in [0.717, 1.165) is 42.6 Å². The van der Waals surface area contributed by atoms with E-state index >= 15 is 0 Å². The van der Waals surface area contributed by atoms with Gasteiger partial charge >= 0.3 is 0 Å². The fourth-order valence-corrected chi connectivity index (χ4v) is 6.26. The summed E-state index contributed by atoms with van der Waals surface area (Å²) in [6.45, 7) is 4.18. The Hall–Kier alpha value is -4.58. The van der Waals surface area contributed by atoms with Crippen molar-refractivity contribution >= 4 is 34.2 Å². The molecule has 0 bridgehead atoms. The molecular weight excluding hydrogens is 584 g/mol. The summed E-state index contributed by atoms with van der Waals surface area (Å²) < 4.78 is 18.0. The molecule has 1 saturated carbocycles. The maximum Gasteiger partial charge on any atom is 0.255 e. The molecule has 46 heavy (non-hydrogen) atoms. The van der Waals surface area contributed by atoms with Crippen LogP contribution in [0.5, 0.6) is 17.2 Å². The molecule has 7 rings (SSSR count). The molecule has 4 aromatic rings. The van der Waals surface area contributed by atoms with Crippen LogP contribution in [-0.2, 0) is 14.3 Å². The highest BCUT2D eigenvalue weighted by molar-refractivity contribution is 6.13. The first kappa shape index (κ1) is 30.1. The number of nitrogens with zero attached hydrogens (tertiary/aromatic N) is 4. The molecule has 3 fully saturated rings. The molecule has 11 heteroatoms. The topological polar surface area (TPSA) is 118 Å². The van der Waals surface area contributed by atoms with Crippen molar-refractivity contribution in [3.63, 3.8) is 0 Å². The normalized spacial score (nSPS) is 22.0. The number of rotatable bonds is 11. The summed E-state index contributed by atoms with van der Waals surface area (Å²) in [5.74, 6) is 0.646. The predicted molar refractivity (Wildman–Crippen MR) is 174 cm³/mol. The summed E-state index contributed by atoms with van der Waals surface area (Å²) in [5, 5.41) is 10.5. The van der Waals surface area contributed by atoms with E-state index in [9.17, 15) is 9.59 Å². The molecule has 2 aliphatic heterocycles. The first-order valence-electron chi connectivity index (χ1n) is 15.8. The Kier molecular flexibility index (Phi) is 8.29. The number of hydrazine groups is 1. The van der Waals surface area contributed by atoms with Gasteiger partial charge in [-0.15, -0.1) is 0 Å². The third kappa shape index (κ3) is 6.26. The second kappa shape index (κ2) is 12.7. The van der Waals surface area contributed by atoms with Gasteiger partial charge in [0.2, 0.25) is 5.91 Å². The van der Waals surface area contributed by atoms with Crippen LogP contribution in [0.2, 0.25) is 0 Å². The number of hydrogen-bond acceptors (Lipinski definition) is 9. The van der Waals surface area contributed by atoms with Gasteiger partial charge in [-0.3, -0.25) is 14.6 Å². The lowest BCUT2D eigenvalue weighted by Gasteiger charge is -2.26. The zero-order valence-corrected chi connectivity index (χ0v) is 26.0. The van der Waals surface area contributed by atoms with Crippen molar-refractivity contribution in [2.75, 3.05) is 37.1 Å². The number of pyridine rings is 2. The van der Waals surface area contributed by atoms with Crippen molar-refractivity contribution < 1.29 is 23.8 Å². The molecule has 1 spiro atoms. The molecule has 2 aromatic carbocycles. The predicted octanol–water partition coefficient (Wildman–Crippen LogP) is 4.94. The fourth-order valence-electron chi connectivity index (χ4n) is 6.26. The number of hydrogen-bond donors (Lipinski definition) is 2. The molecule has 2 N–H and O–H groups in total. The monoisotopic (exact) mass is 622 g/mol. The molecular formula is C35H38N6O5. The Labute approximate surface area is 267 Å². The molecule has 238 valence electrons. The van der Waals surface area contributed by atoms with E-state index in [-0.39, 0.29) is 17.6 Å². The zero-order chi connectivity index (χ0) is 31.7. The highest BCUT2D eigenvalue weighted by Crippen LogP contribution is 2.47. The molecule has 1 aliphatic carbocycles. The van der Waals surface area contributed by atoms with E-state index in [1.165, 1.54) is 19.0 Å². The lowest BCUT2D eigenvalue weighted by atomic mass is 10.0. The summed E-state index contributed by atoms with van der Waals surface area (Å²) in [6.07, 6.45) is 7.67. The molecule has 3 aliphatic rings. The molecule has 2 amide bonds. The molecule has 3 atom stereocenters. The number of amides is 2. The maximum atomic E-state index is 13.3. The SMILES string of the molecule is CC1C(C(=O)Nc2ccc(Oc3ccnc4cc(OCCCNC5COC6(CC6)C5)ccc34)cn2)C(=O)N(c2ccccc2)N1C. The number of aromatic nitrogens is 2. The van der Waals surface area contributed by atoms with Crippen molar-refractivity contribution in [3.05, 3.63) is 79.1 Å². The summed E-state index contributed by atoms with van der Waals surface area (Å²) in [5.41, 5.74) is 1.67. The molecule has 3 unspecified atom stereocenters. The van der Waals surface area contributed by atoms with Crippen LogP contribution in [0.4, 0.5) is 11.5 Å². The molecule has 4 heterocycles. The van der Waals surface area contributed by atoms with Crippen LogP contribution in [0, 0.1) is 5.92 Å². The number of benzene rings is 2. The van der Waals surface area contributed by atoms with Crippen molar-refractivity contribution in [2.45, 2.75) is 50.3 Å². The Morgan fingerprint density at radius 1 is 1.07 bits per heavy atom. The van der Waals surface area contributed by atoms with Gasteiger partial charge in [0.05, 0.1) is 36.2 Å². The number of nitrogens with one attached hydrogen (secondary N) is 2. The molecule has 2 saturated heterocycles. The van der Waals surface area contributed by atoms with Crippen molar-refractivity contribution in [2.24, 2.45) is 5.92 Å². The van der Waals surface area contributed by atoms with Crippen LogP contribution in [0.1, 0.15) is 32.6 Å². The minimum atomic E-state index is -0.876. The van der Waals surface area contributed by atoms with E-state index in [0.29, 0.717) is 35.7 Å². The smallest absolute Gasteiger partial charge is 0.255 e. The summed E-state index contributed by atoms with van der Waals surface area (Å²) >= 11 is 0.